The molecule has 0 unspecified atom stereocenters. The van der Waals surface area contributed by atoms with Crippen LogP contribution in [0.15, 0.2) is 48.5 Å². The zero-order valence-electron chi connectivity index (χ0n) is 48.4. The van der Waals surface area contributed by atoms with Crippen LogP contribution in [0.2, 0.25) is 0 Å². The van der Waals surface area contributed by atoms with E-state index >= 15 is 8.78 Å². The number of aliphatic carboxylic acids is 1. The third kappa shape index (κ3) is 24.7. The van der Waals surface area contributed by atoms with Crippen LogP contribution in [-0.4, -0.2) is 168 Å². The number of alkyl halides is 8. The van der Waals surface area contributed by atoms with Crippen LogP contribution in [0.4, 0.5) is 35.1 Å². The normalized spacial score (nSPS) is 15.1. The van der Waals surface area contributed by atoms with Crippen LogP contribution in [0.1, 0.15) is 112 Å². The van der Waals surface area contributed by atoms with Gasteiger partial charge < -0.3 is 53.5 Å². The van der Waals surface area contributed by atoms with Crippen LogP contribution < -0.4 is 14.8 Å². The molecule has 0 saturated carbocycles. The number of carboxylic acid groups (broad SMARTS) is 1. The molecule has 462 valence electrons. The molecular formula is C55H76F8N4O15. The van der Waals surface area contributed by atoms with Crippen molar-refractivity contribution in [3.05, 3.63) is 59.7 Å². The lowest BCUT2D eigenvalue weighted by molar-refractivity contribution is -0.275. The van der Waals surface area contributed by atoms with Crippen molar-refractivity contribution in [2.24, 2.45) is 11.8 Å². The Morgan fingerprint density at radius 1 is 0.512 bits per heavy atom. The average molecular weight is 1190 g/mol. The molecule has 19 nitrogen and oxygen atoms in total. The number of amides is 3. The zero-order valence-corrected chi connectivity index (χ0v) is 48.4. The third-order valence-electron chi connectivity index (χ3n) is 12.5. The highest BCUT2D eigenvalue weighted by Crippen LogP contribution is 2.28. The number of carboxylic acids is 1. The summed E-state index contributed by atoms with van der Waals surface area (Å²) in [7, 11) is 4.80. The number of carbonyl (C=O) groups excluding carboxylic acids is 7. The van der Waals surface area contributed by atoms with E-state index in [1.165, 1.54) is 27.8 Å². The molecule has 0 fully saturated rings. The Morgan fingerprint density at radius 3 is 1.28 bits per heavy atom. The molecular weight excluding hydrogens is 1110 g/mol. The van der Waals surface area contributed by atoms with Gasteiger partial charge in [0.2, 0.25) is 6.10 Å². The van der Waals surface area contributed by atoms with E-state index in [-0.39, 0.29) is 29.9 Å². The molecule has 2 aromatic rings. The summed E-state index contributed by atoms with van der Waals surface area (Å²) in [5.41, 5.74) is -4.01. The van der Waals surface area contributed by atoms with Gasteiger partial charge in [0.15, 0.2) is 18.3 Å². The molecule has 2 N–H and O–H groups in total. The van der Waals surface area contributed by atoms with Crippen molar-refractivity contribution < 1.29 is 107 Å². The number of hydrogen-bond donors (Lipinski definition) is 2. The van der Waals surface area contributed by atoms with Gasteiger partial charge in [-0.25, -0.2) is 28.0 Å². The Morgan fingerprint density at radius 2 is 0.890 bits per heavy atom. The highest BCUT2D eigenvalue weighted by atomic mass is 19.4. The molecule has 27 heteroatoms. The number of carbonyl (C=O) groups is 8. The first-order chi connectivity index (χ1) is 37.5. The summed E-state index contributed by atoms with van der Waals surface area (Å²) in [5, 5.41) is 12.8. The summed E-state index contributed by atoms with van der Waals surface area (Å²) in [6, 6.07) is 2.05. The SMILES string of the molecule is CN[C@@H](CC(C)C)C(=O)O[C@H](C)C(=O)N(C)[C@@H](CCC(C)(C)F)C(=O)O[C@H](Cc1ccc(OC(F)(F)F)cc1)C(=O)N(C)[C@@H](CC(C)C)C(=O)O[C@H](C)C(=O)N(C)[C@H](CC(C)(C)F)C(=O)O[C@H](Cc1ccc(OC(F)(F)F)cc1)C(=O)O. The monoisotopic (exact) mass is 1180 g/mol. The van der Waals surface area contributed by atoms with Crippen molar-refractivity contribution in [1.82, 2.24) is 20.0 Å². The number of nitrogens with zero attached hydrogens (tertiary/aromatic N) is 3. The fourth-order valence-electron chi connectivity index (χ4n) is 8.20. The van der Waals surface area contributed by atoms with Gasteiger partial charge in [0.25, 0.3) is 17.7 Å². The number of benzene rings is 2. The van der Waals surface area contributed by atoms with Gasteiger partial charge in [0.05, 0.1) is 0 Å². The standard InChI is InChI=1S/C55H76F8N4O15/c1-30(2)25-38(64-11)48(73)77-32(5)44(68)65(12)39(23-24-52(7,8)56)49(74)79-42(27-34-15-19-36(20-16-34)81-54(58,59)60)46(70)66(13)40(26-31(3)4)50(75)78-33(6)45(69)67(14)41(29-53(9,10)57)51(76)80-43(47(71)72)28-35-17-21-37(22-18-35)82-55(61,62)63/h15-22,30-33,38-43,64H,23-29H2,1-14H3,(H,71,72)/t32-,33-,38+,39+,40+,41-,42-,43-/m1/s1. The third-order valence-corrected chi connectivity index (χ3v) is 12.5. The smallest absolute Gasteiger partial charge is 0.478 e. The fraction of sp³-hybridized carbons (Fsp3) is 0.636. The average Bonchev–Trinajstić information content (AvgIpc) is 3.42. The van der Waals surface area contributed by atoms with Crippen LogP contribution in [0, 0.1) is 11.8 Å². The summed E-state index contributed by atoms with van der Waals surface area (Å²) in [4.78, 5) is 113. The second kappa shape index (κ2) is 30.5. The van der Waals surface area contributed by atoms with Gasteiger partial charge in [-0.15, -0.1) is 26.3 Å². The minimum absolute atomic E-state index is 0.0452. The Kier molecular flexibility index (Phi) is 26.5. The minimum Gasteiger partial charge on any atom is -0.478 e. The lowest BCUT2D eigenvalue weighted by Gasteiger charge is -2.34. The molecule has 0 spiro atoms. The largest absolute Gasteiger partial charge is 0.573 e. The number of ether oxygens (including phenoxy) is 6. The van der Waals surface area contributed by atoms with E-state index in [9.17, 15) is 69.8 Å². The highest BCUT2D eigenvalue weighted by Gasteiger charge is 2.43. The van der Waals surface area contributed by atoms with Crippen molar-refractivity contribution in [3.8, 4) is 11.5 Å². The minimum atomic E-state index is -5.08. The maximum absolute atomic E-state index is 15.3. The molecule has 2 aromatic carbocycles. The summed E-state index contributed by atoms with van der Waals surface area (Å²) in [6.45, 7) is 13.8. The second-order valence-electron chi connectivity index (χ2n) is 21.8. The number of esters is 4. The highest BCUT2D eigenvalue weighted by molar-refractivity contribution is 5.93. The molecule has 0 radical (unpaired) electrons. The maximum atomic E-state index is 15.3. The van der Waals surface area contributed by atoms with Gasteiger partial charge >= 0.3 is 42.6 Å². The molecule has 0 bridgehead atoms. The van der Waals surface area contributed by atoms with Gasteiger partial charge in [0.1, 0.15) is 47.0 Å². The van der Waals surface area contributed by atoms with E-state index < -0.39 is 163 Å². The predicted octanol–water partition coefficient (Wildman–Crippen LogP) is 7.87. The number of halogens is 8. The maximum Gasteiger partial charge on any atom is 0.573 e. The van der Waals surface area contributed by atoms with E-state index in [1.54, 1.807) is 13.8 Å². The number of likely N-dealkylation sites (N-methyl/N-ethyl adjacent to an activating group) is 4. The van der Waals surface area contributed by atoms with Crippen LogP contribution in [0.3, 0.4) is 0 Å². The Balaban J connectivity index is 2.57. The van der Waals surface area contributed by atoms with E-state index in [1.807, 2.05) is 13.8 Å². The topological polar surface area (TPSA) is 234 Å². The van der Waals surface area contributed by atoms with Crippen LogP contribution in [0.5, 0.6) is 11.5 Å². The van der Waals surface area contributed by atoms with Gasteiger partial charge in [-0.1, -0.05) is 52.0 Å². The molecule has 0 aromatic heterocycles. The lowest BCUT2D eigenvalue weighted by Crippen LogP contribution is -2.54. The number of hydrogen-bond acceptors (Lipinski definition) is 15. The Hall–Kier alpha value is -6.80. The van der Waals surface area contributed by atoms with E-state index in [4.69, 9.17) is 18.9 Å². The van der Waals surface area contributed by atoms with Gasteiger partial charge in [-0.3, -0.25) is 19.2 Å². The summed E-state index contributed by atoms with van der Waals surface area (Å²) < 4.78 is 138. The molecule has 82 heavy (non-hydrogen) atoms. The first-order valence-electron chi connectivity index (χ1n) is 26.1. The first-order valence-corrected chi connectivity index (χ1v) is 26.1. The number of rotatable bonds is 31. The molecule has 0 aliphatic rings. The van der Waals surface area contributed by atoms with Crippen LogP contribution in [-0.2, 0) is 70.1 Å². The number of nitrogens with one attached hydrogen (secondary N) is 1. The van der Waals surface area contributed by atoms with Gasteiger partial charge in [-0.2, -0.15) is 0 Å². The molecule has 8 atom stereocenters. The molecule has 0 heterocycles. The Labute approximate surface area is 471 Å². The lowest BCUT2D eigenvalue weighted by atomic mass is 9.99. The molecule has 3 amide bonds. The fourth-order valence-corrected chi connectivity index (χ4v) is 8.20. The van der Waals surface area contributed by atoms with Crippen molar-refractivity contribution in [2.75, 3.05) is 28.2 Å². The van der Waals surface area contributed by atoms with Gasteiger partial charge in [-0.05, 0) is 122 Å². The molecule has 0 aliphatic heterocycles. The summed E-state index contributed by atoms with van der Waals surface area (Å²) in [6.07, 6.45) is -20.0. The van der Waals surface area contributed by atoms with Gasteiger partial charge in [0, 0.05) is 40.4 Å². The van der Waals surface area contributed by atoms with E-state index in [0.717, 1.165) is 100 Å². The van der Waals surface area contributed by atoms with Crippen molar-refractivity contribution in [1.29, 1.82) is 0 Å². The Bertz CT molecular complexity index is 2460. The summed E-state index contributed by atoms with van der Waals surface area (Å²) in [5.74, 6) is -11.3. The second-order valence-corrected chi connectivity index (χ2v) is 21.8. The van der Waals surface area contributed by atoms with Crippen LogP contribution in [0.25, 0.3) is 0 Å². The van der Waals surface area contributed by atoms with Crippen molar-refractivity contribution in [3.63, 3.8) is 0 Å². The van der Waals surface area contributed by atoms with Crippen LogP contribution >= 0.6 is 0 Å². The van der Waals surface area contributed by atoms with E-state index in [2.05, 4.69) is 14.8 Å². The predicted molar refractivity (Wildman–Crippen MR) is 278 cm³/mol. The van der Waals surface area contributed by atoms with E-state index in [0.29, 0.717) is 11.3 Å². The first kappa shape index (κ1) is 71.3. The summed E-state index contributed by atoms with van der Waals surface area (Å²) >= 11 is 0. The molecule has 0 saturated heterocycles. The zero-order chi connectivity index (χ0) is 63.0. The molecule has 0 aliphatic carbocycles. The van der Waals surface area contributed by atoms with Crippen molar-refractivity contribution >= 4 is 47.6 Å². The quantitative estimate of drug-likeness (QED) is 0.0415. The molecule has 2 rings (SSSR count). The van der Waals surface area contributed by atoms with Crippen molar-refractivity contribution in [2.45, 2.75) is 187 Å².